The molecule has 0 fully saturated rings. The van der Waals surface area contributed by atoms with Crippen LogP contribution in [0.1, 0.15) is 22.3 Å². The Morgan fingerprint density at radius 2 is 0.833 bits per heavy atom. The average molecular weight is 351 g/mol. The monoisotopic (exact) mass is 350 g/mol. The van der Waals surface area contributed by atoms with Crippen LogP contribution in [-0.4, -0.2) is 0 Å². The highest BCUT2D eigenvalue weighted by Crippen LogP contribution is 2.34. The third-order valence-corrected chi connectivity index (χ3v) is 5.59. The minimum absolute atomic E-state index is 1.29. The molecule has 0 nitrogen and oxygen atoms in total. The molecule has 0 bridgehead atoms. The van der Waals surface area contributed by atoms with Gasteiger partial charge in [-0.25, -0.2) is 0 Å². The van der Waals surface area contributed by atoms with Gasteiger partial charge >= 0.3 is 0 Å². The van der Waals surface area contributed by atoms with Crippen LogP contribution in [0, 0.1) is 27.7 Å². The second-order valence-electron chi connectivity index (χ2n) is 6.33. The van der Waals surface area contributed by atoms with E-state index in [0.29, 0.717) is 0 Å². The van der Waals surface area contributed by atoms with E-state index in [1.54, 1.807) is 0 Å². The highest BCUT2D eigenvalue weighted by molar-refractivity contribution is 8.00. The van der Waals surface area contributed by atoms with Crippen LogP contribution in [0.25, 0.3) is 0 Å². The molecule has 0 amide bonds. The Labute approximate surface area is 153 Å². The van der Waals surface area contributed by atoms with Crippen LogP contribution < -0.4 is 0 Å². The summed E-state index contributed by atoms with van der Waals surface area (Å²) in [4.78, 5) is 5.19. The maximum Gasteiger partial charge on any atom is 0.0133 e. The topological polar surface area (TPSA) is 0 Å². The molecule has 0 N–H and O–H groups in total. The summed E-state index contributed by atoms with van der Waals surface area (Å²) in [6, 6.07) is 22.3. The molecule has 3 aromatic carbocycles. The van der Waals surface area contributed by atoms with Crippen molar-refractivity contribution in [2.45, 2.75) is 47.3 Å². The quantitative estimate of drug-likeness (QED) is 0.487. The number of benzene rings is 3. The van der Waals surface area contributed by atoms with Gasteiger partial charge in [-0.15, -0.1) is 0 Å². The zero-order valence-electron chi connectivity index (χ0n) is 14.6. The van der Waals surface area contributed by atoms with E-state index in [2.05, 4.69) is 88.4 Å². The number of rotatable bonds is 4. The summed E-state index contributed by atoms with van der Waals surface area (Å²) >= 11 is 3.67. The van der Waals surface area contributed by atoms with Crippen molar-refractivity contribution in [2.75, 3.05) is 0 Å². The van der Waals surface area contributed by atoms with Crippen molar-refractivity contribution in [3.05, 3.63) is 82.9 Å². The molecular weight excluding hydrogens is 328 g/mol. The third kappa shape index (κ3) is 4.68. The predicted octanol–water partition coefficient (Wildman–Crippen LogP) is 7.22. The molecule has 0 aliphatic heterocycles. The zero-order chi connectivity index (χ0) is 17.1. The van der Waals surface area contributed by atoms with Crippen molar-refractivity contribution in [1.29, 1.82) is 0 Å². The van der Waals surface area contributed by atoms with Gasteiger partial charge in [0.05, 0.1) is 0 Å². The molecule has 0 saturated heterocycles. The Morgan fingerprint density at radius 3 is 1.21 bits per heavy atom. The SMILES string of the molecule is Cc1cc(C)cc(Sc2cccc(Sc3cc(C)cc(C)c3)c2)c1. The maximum atomic E-state index is 2.28. The van der Waals surface area contributed by atoms with Gasteiger partial charge in [-0.2, -0.15) is 0 Å². The second kappa shape index (κ2) is 7.50. The van der Waals surface area contributed by atoms with Gasteiger partial charge in [0.15, 0.2) is 0 Å². The van der Waals surface area contributed by atoms with Crippen molar-refractivity contribution < 1.29 is 0 Å². The van der Waals surface area contributed by atoms with Crippen LogP contribution in [0.15, 0.2) is 80.2 Å². The van der Waals surface area contributed by atoms with Crippen LogP contribution in [-0.2, 0) is 0 Å². The Hall–Kier alpha value is -1.64. The Bertz CT molecular complexity index is 756. The molecule has 24 heavy (non-hydrogen) atoms. The Morgan fingerprint density at radius 1 is 0.458 bits per heavy atom. The van der Waals surface area contributed by atoms with Gasteiger partial charge < -0.3 is 0 Å². The smallest absolute Gasteiger partial charge is 0.0133 e. The fourth-order valence-electron chi connectivity index (χ4n) is 2.86. The number of aryl methyl sites for hydroxylation is 4. The fraction of sp³-hybridized carbons (Fsp3) is 0.182. The van der Waals surface area contributed by atoms with Crippen molar-refractivity contribution >= 4 is 23.5 Å². The first-order valence-electron chi connectivity index (χ1n) is 8.10. The van der Waals surface area contributed by atoms with Crippen LogP contribution in [0.3, 0.4) is 0 Å². The molecule has 2 heteroatoms. The summed E-state index contributed by atoms with van der Waals surface area (Å²) in [5.41, 5.74) is 5.27. The molecule has 0 spiro atoms. The van der Waals surface area contributed by atoms with E-state index in [9.17, 15) is 0 Å². The summed E-state index contributed by atoms with van der Waals surface area (Å²) in [7, 11) is 0. The molecular formula is C22H22S2. The van der Waals surface area contributed by atoms with Crippen LogP contribution in [0.2, 0.25) is 0 Å². The van der Waals surface area contributed by atoms with Crippen molar-refractivity contribution in [1.82, 2.24) is 0 Å². The van der Waals surface area contributed by atoms with Crippen LogP contribution in [0.5, 0.6) is 0 Å². The van der Waals surface area contributed by atoms with E-state index in [1.807, 2.05) is 23.5 Å². The van der Waals surface area contributed by atoms with Crippen molar-refractivity contribution in [2.24, 2.45) is 0 Å². The van der Waals surface area contributed by atoms with Gasteiger partial charge in [0.1, 0.15) is 0 Å². The first-order valence-corrected chi connectivity index (χ1v) is 9.73. The van der Waals surface area contributed by atoms with Crippen molar-refractivity contribution in [3.63, 3.8) is 0 Å². The molecule has 3 rings (SSSR count). The molecule has 0 aliphatic rings. The van der Waals surface area contributed by atoms with Gasteiger partial charge in [-0.05, 0) is 92.4 Å². The Kier molecular flexibility index (Phi) is 5.37. The fourth-order valence-corrected chi connectivity index (χ4v) is 5.12. The average Bonchev–Trinajstić information content (AvgIpc) is 2.45. The van der Waals surface area contributed by atoms with Crippen LogP contribution in [0.4, 0.5) is 0 Å². The van der Waals surface area contributed by atoms with Crippen LogP contribution >= 0.6 is 23.5 Å². The molecule has 0 aromatic heterocycles. The molecule has 0 atom stereocenters. The van der Waals surface area contributed by atoms with Gasteiger partial charge in [-0.1, -0.05) is 41.7 Å². The maximum absolute atomic E-state index is 2.28. The summed E-state index contributed by atoms with van der Waals surface area (Å²) in [6.45, 7) is 8.62. The highest BCUT2D eigenvalue weighted by Gasteiger charge is 2.03. The molecule has 0 radical (unpaired) electrons. The second-order valence-corrected chi connectivity index (χ2v) is 8.62. The third-order valence-electron chi connectivity index (χ3n) is 3.67. The molecule has 122 valence electrons. The lowest BCUT2D eigenvalue weighted by molar-refractivity contribution is 1.26. The molecule has 0 heterocycles. The number of hydrogen-bond donors (Lipinski definition) is 0. The van der Waals surface area contributed by atoms with Gasteiger partial charge in [-0.3, -0.25) is 0 Å². The Balaban J connectivity index is 1.81. The van der Waals surface area contributed by atoms with E-state index >= 15 is 0 Å². The van der Waals surface area contributed by atoms with Gasteiger partial charge in [0, 0.05) is 19.6 Å². The molecule has 0 aliphatic carbocycles. The summed E-state index contributed by atoms with van der Waals surface area (Å²) in [5.74, 6) is 0. The standard InChI is InChI=1S/C22H22S2/c1-15-8-16(2)11-21(10-15)23-19-6-5-7-20(14-19)24-22-12-17(3)9-18(4)13-22/h5-14H,1-4H3. The minimum atomic E-state index is 1.29. The summed E-state index contributed by atoms with van der Waals surface area (Å²) < 4.78 is 0. The van der Waals surface area contributed by atoms with Gasteiger partial charge in [0.2, 0.25) is 0 Å². The number of hydrogen-bond acceptors (Lipinski definition) is 2. The lowest BCUT2D eigenvalue weighted by atomic mass is 10.2. The minimum Gasteiger partial charge on any atom is -0.0900 e. The van der Waals surface area contributed by atoms with E-state index in [4.69, 9.17) is 0 Å². The van der Waals surface area contributed by atoms with Crippen molar-refractivity contribution in [3.8, 4) is 0 Å². The lowest BCUT2D eigenvalue weighted by Crippen LogP contribution is -1.82. The first-order chi connectivity index (χ1) is 11.5. The van der Waals surface area contributed by atoms with E-state index in [0.717, 1.165) is 0 Å². The normalized spacial score (nSPS) is 10.8. The largest absolute Gasteiger partial charge is 0.0900 e. The summed E-state index contributed by atoms with van der Waals surface area (Å²) in [6.07, 6.45) is 0. The lowest BCUT2D eigenvalue weighted by Gasteiger charge is -2.08. The van der Waals surface area contributed by atoms with E-state index in [1.165, 1.54) is 41.8 Å². The van der Waals surface area contributed by atoms with E-state index < -0.39 is 0 Å². The molecule has 0 saturated carbocycles. The summed E-state index contributed by atoms with van der Waals surface area (Å²) in [5, 5.41) is 0. The zero-order valence-corrected chi connectivity index (χ0v) is 16.2. The molecule has 0 unspecified atom stereocenters. The first kappa shape index (κ1) is 17.2. The highest BCUT2D eigenvalue weighted by atomic mass is 32.2. The molecule has 3 aromatic rings. The van der Waals surface area contributed by atoms with E-state index in [-0.39, 0.29) is 0 Å². The van der Waals surface area contributed by atoms with Gasteiger partial charge in [0.25, 0.3) is 0 Å². The predicted molar refractivity (Wildman–Crippen MR) is 107 cm³/mol.